The van der Waals surface area contributed by atoms with Gasteiger partial charge in [0.05, 0.1) is 6.61 Å². The van der Waals surface area contributed by atoms with Crippen LogP contribution in [-0.2, 0) is 4.74 Å². The molecule has 0 aliphatic carbocycles. The van der Waals surface area contributed by atoms with E-state index in [0.717, 1.165) is 17.3 Å². The van der Waals surface area contributed by atoms with Crippen molar-refractivity contribution in [3.05, 3.63) is 35.5 Å². The third kappa shape index (κ3) is 3.42. The maximum atomic E-state index is 12.1. The number of aromatic amines is 1. The molecule has 0 aliphatic heterocycles. The molecule has 0 aliphatic rings. The Bertz CT molecular complexity index is 661. The molecule has 2 rings (SSSR count). The zero-order chi connectivity index (χ0) is 15.4. The average molecular weight is 288 g/mol. The van der Waals surface area contributed by atoms with Crippen LogP contribution >= 0.6 is 0 Å². The molecule has 0 bridgehead atoms. The van der Waals surface area contributed by atoms with Gasteiger partial charge in [-0.3, -0.25) is 4.79 Å². The summed E-state index contributed by atoms with van der Waals surface area (Å²) in [5, 5.41) is 3.73. The van der Waals surface area contributed by atoms with Crippen molar-refractivity contribution in [2.24, 2.45) is 0 Å². The van der Waals surface area contributed by atoms with Gasteiger partial charge in [0.1, 0.15) is 5.69 Å². The van der Waals surface area contributed by atoms with Crippen LogP contribution in [0.15, 0.2) is 24.3 Å². The Balaban J connectivity index is 2.25. The molecule has 0 radical (unpaired) electrons. The first-order valence-corrected chi connectivity index (χ1v) is 7.15. The highest BCUT2D eigenvalue weighted by Gasteiger charge is 2.13. The number of amides is 1. The second-order valence-corrected chi connectivity index (χ2v) is 4.99. The smallest absolute Gasteiger partial charge is 0.354 e. The number of carbonyl (C=O) groups is 2. The van der Waals surface area contributed by atoms with Crippen molar-refractivity contribution in [3.8, 4) is 0 Å². The molecule has 0 fully saturated rings. The van der Waals surface area contributed by atoms with Crippen molar-refractivity contribution in [1.82, 2.24) is 10.3 Å². The van der Waals surface area contributed by atoms with E-state index in [-0.39, 0.29) is 17.9 Å². The number of carbonyl (C=O) groups excluding carboxylic acids is 2. The third-order valence-corrected chi connectivity index (χ3v) is 3.37. The number of rotatable bonds is 5. The quantitative estimate of drug-likeness (QED) is 0.831. The molecule has 0 saturated carbocycles. The maximum Gasteiger partial charge on any atom is 0.354 e. The summed E-state index contributed by atoms with van der Waals surface area (Å²) in [5.74, 6) is -0.496. The molecule has 0 saturated heterocycles. The Kier molecular flexibility index (Phi) is 4.62. The second-order valence-electron chi connectivity index (χ2n) is 4.99. The van der Waals surface area contributed by atoms with Crippen LogP contribution in [0.25, 0.3) is 10.9 Å². The normalized spacial score (nSPS) is 12.1. The van der Waals surface area contributed by atoms with Crippen LogP contribution in [-0.4, -0.2) is 29.5 Å². The van der Waals surface area contributed by atoms with Crippen LogP contribution in [0.1, 0.15) is 48.0 Å². The van der Waals surface area contributed by atoms with Gasteiger partial charge in [0, 0.05) is 22.5 Å². The van der Waals surface area contributed by atoms with Crippen molar-refractivity contribution in [1.29, 1.82) is 0 Å². The molecule has 1 amide bonds. The zero-order valence-corrected chi connectivity index (χ0v) is 12.5. The summed E-state index contributed by atoms with van der Waals surface area (Å²) in [6.45, 7) is 6.08. The summed E-state index contributed by atoms with van der Waals surface area (Å²) in [6.07, 6.45) is 0.880. The number of H-pyrrole nitrogens is 1. The Morgan fingerprint density at radius 3 is 2.71 bits per heavy atom. The van der Waals surface area contributed by atoms with Crippen LogP contribution in [0.3, 0.4) is 0 Å². The largest absolute Gasteiger partial charge is 0.461 e. The monoisotopic (exact) mass is 288 g/mol. The number of hydrogen-bond acceptors (Lipinski definition) is 3. The molecule has 1 aromatic heterocycles. The minimum Gasteiger partial charge on any atom is -0.461 e. The Hall–Kier alpha value is -2.30. The lowest BCUT2D eigenvalue weighted by molar-refractivity contribution is 0.0520. The number of fused-ring (bicyclic) bond motifs is 1. The highest BCUT2D eigenvalue weighted by molar-refractivity contribution is 6.00. The van der Waals surface area contributed by atoms with Crippen LogP contribution in [0.4, 0.5) is 0 Å². The van der Waals surface area contributed by atoms with E-state index in [9.17, 15) is 9.59 Å². The van der Waals surface area contributed by atoms with Gasteiger partial charge in [-0.15, -0.1) is 0 Å². The van der Waals surface area contributed by atoms with Gasteiger partial charge in [0.2, 0.25) is 0 Å². The number of esters is 1. The number of nitrogens with one attached hydrogen (secondary N) is 2. The lowest BCUT2D eigenvalue weighted by Crippen LogP contribution is -2.31. The Labute approximate surface area is 123 Å². The number of benzene rings is 1. The molecule has 0 unspecified atom stereocenters. The van der Waals surface area contributed by atoms with E-state index in [1.54, 1.807) is 31.2 Å². The zero-order valence-electron chi connectivity index (χ0n) is 12.5. The van der Waals surface area contributed by atoms with Gasteiger partial charge in [-0.05, 0) is 44.5 Å². The third-order valence-electron chi connectivity index (χ3n) is 3.37. The SMILES string of the molecule is CCOC(=O)c1cc2cc(C(=O)N[C@H](C)CC)ccc2[nH]1. The fraction of sp³-hybridized carbons (Fsp3) is 0.375. The van der Waals surface area contributed by atoms with Gasteiger partial charge in [-0.2, -0.15) is 0 Å². The molecule has 2 aromatic rings. The molecule has 1 atom stereocenters. The number of aromatic nitrogens is 1. The standard InChI is InChI=1S/C16H20N2O3/c1-4-10(3)17-15(19)11-6-7-13-12(8-11)9-14(18-13)16(20)21-5-2/h6-10,18H,4-5H2,1-3H3,(H,17,19)/t10-/m1/s1. The summed E-state index contributed by atoms with van der Waals surface area (Å²) in [5.41, 5.74) is 1.78. The topological polar surface area (TPSA) is 71.2 Å². The fourth-order valence-electron chi connectivity index (χ4n) is 2.00. The van der Waals surface area contributed by atoms with Crippen LogP contribution in [0.2, 0.25) is 0 Å². The van der Waals surface area contributed by atoms with Crippen molar-refractivity contribution in [2.45, 2.75) is 33.2 Å². The highest BCUT2D eigenvalue weighted by Crippen LogP contribution is 2.18. The maximum absolute atomic E-state index is 12.1. The Morgan fingerprint density at radius 1 is 1.29 bits per heavy atom. The van der Waals surface area contributed by atoms with Crippen LogP contribution in [0, 0.1) is 0 Å². The first kappa shape index (κ1) is 15.1. The van der Waals surface area contributed by atoms with E-state index in [4.69, 9.17) is 4.74 Å². The summed E-state index contributed by atoms with van der Waals surface area (Å²) in [6, 6.07) is 7.14. The molecule has 21 heavy (non-hydrogen) atoms. The van der Waals surface area contributed by atoms with Crippen molar-refractivity contribution in [3.63, 3.8) is 0 Å². The molecule has 5 heteroatoms. The lowest BCUT2D eigenvalue weighted by Gasteiger charge is -2.11. The van der Waals surface area contributed by atoms with E-state index in [1.807, 2.05) is 13.8 Å². The van der Waals surface area contributed by atoms with E-state index >= 15 is 0 Å². The van der Waals surface area contributed by atoms with Crippen molar-refractivity contribution >= 4 is 22.8 Å². The van der Waals surface area contributed by atoms with E-state index in [2.05, 4.69) is 10.3 Å². The van der Waals surface area contributed by atoms with E-state index < -0.39 is 0 Å². The highest BCUT2D eigenvalue weighted by atomic mass is 16.5. The van der Waals surface area contributed by atoms with E-state index in [0.29, 0.717) is 17.9 Å². The number of ether oxygens (including phenoxy) is 1. The summed E-state index contributed by atoms with van der Waals surface area (Å²) >= 11 is 0. The fourth-order valence-corrected chi connectivity index (χ4v) is 2.00. The predicted molar refractivity (Wildman–Crippen MR) is 81.5 cm³/mol. The van der Waals surface area contributed by atoms with Crippen LogP contribution in [0.5, 0.6) is 0 Å². The summed E-state index contributed by atoms with van der Waals surface area (Å²) < 4.78 is 4.95. The van der Waals surface area contributed by atoms with Gasteiger partial charge >= 0.3 is 5.97 Å². The Morgan fingerprint density at radius 2 is 2.05 bits per heavy atom. The first-order valence-electron chi connectivity index (χ1n) is 7.15. The predicted octanol–water partition coefficient (Wildman–Crippen LogP) is 2.87. The molecular weight excluding hydrogens is 268 g/mol. The van der Waals surface area contributed by atoms with Crippen LogP contribution < -0.4 is 5.32 Å². The molecule has 2 N–H and O–H groups in total. The van der Waals surface area contributed by atoms with Gasteiger partial charge in [0.15, 0.2) is 0 Å². The molecule has 5 nitrogen and oxygen atoms in total. The molecule has 1 heterocycles. The van der Waals surface area contributed by atoms with Gasteiger partial charge in [-0.1, -0.05) is 6.92 Å². The minimum atomic E-state index is -0.390. The average Bonchev–Trinajstić information content (AvgIpc) is 2.90. The number of hydrogen-bond donors (Lipinski definition) is 2. The van der Waals surface area contributed by atoms with Crippen molar-refractivity contribution in [2.75, 3.05) is 6.61 Å². The van der Waals surface area contributed by atoms with Gasteiger partial charge in [0.25, 0.3) is 5.91 Å². The summed E-state index contributed by atoms with van der Waals surface area (Å²) in [7, 11) is 0. The van der Waals surface area contributed by atoms with Crippen molar-refractivity contribution < 1.29 is 14.3 Å². The van der Waals surface area contributed by atoms with E-state index in [1.165, 1.54) is 0 Å². The molecule has 0 spiro atoms. The summed E-state index contributed by atoms with van der Waals surface area (Å²) in [4.78, 5) is 26.8. The second kappa shape index (κ2) is 6.43. The lowest BCUT2D eigenvalue weighted by atomic mass is 10.1. The molecule has 1 aromatic carbocycles. The van der Waals surface area contributed by atoms with Gasteiger partial charge < -0.3 is 15.0 Å². The molecular formula is C16H20N2O3. The van der Waals surface area contributed by atoms with Gasteiger partial charge in [-0.25, -0.2) is 4.79 Å². The minimum absolute atomic E-state index is 0.106. The first-order chi connectivity index (χ1) is 10.0. The molecule has 112 valence electrons.